The molecule has 4 heteroatoms. The Bertz CT molecular complexity index is 408. The molecule has 4 nitrogen and oxygen atoms in total. The van der Waals surface area contributed by atoms with Crippen LogP contribution in [0.15, 0.2) is 18.3 Å². The van der Waals surface area contributed by atoms with Gasteiger partial charge in [0.25, 0.3) is 0 Å². The Morgan fingerprint density at radius 1 is 1.50 bits per heavy atom. The number of ether oxygens (including phenoxy) is 1. The summed E-state index contributed by atoms with van der Waals surface area (Å²) in [6.45, 7) is 11.3. The molecule has 1 atom stereocenters. The van der Waals surface area contributed by atoms with Gasteiger partial charge in [0, 0.05) is 32.4 Å². The van der Waals surface area contributed by atoms with Crippen molar-refractivity contribution in [1.82, 2.24) is 10.3 Å². The predicted molar refractivity (Wildman–Crippen MR) is 83.0 cm³/mol. The zero-order valence-corrected chi connectivity index (χ0v) is 12.9. The van der Waals surface area contributed by atoms with Crippen molar-refractivity contribution in [3.05, 3.63) is 23.9 Å². The molecule has 1 aliphatic rings. The minimum atomic E-state index is 0.280. The number of nitrogens with zero attached hydrogens (tertiary/aromatic N) is 2. The summed E-state index contributed by atoms with van der Waals surface area (Å²) in [5.41, 5.74) is 1.30. The van der Waals surface area contributed by atoms with Crippen molar-refractivity contribution in [3.63, 3.8) is 0 Å². The molecule has 0 saturated carbocycles. The molecular formula is C16H27N3O. The fourth-order valence-corrected chi connectivity index (χ4v) is 2.45. The van der Waals surface area contributed by atoms with Gasteiger partial charge in [-0.2, -0.15) is 0 Å². The summed E-state index contributed by atoms with van der Waals surface area (Å²) in [6, 6.07) is 4.29. The number of pyridine rings is 1. The second-order valence-electron chi connectivity index (χ2n) is 6.03. The minimum Gasteiger partial charge on any atom is -0.377 e. The van der Waals surface area contributed by atoms with Crippen molar-refractivity contribution in [3.8, 4) is 0 Å². The maximum Gasteiger partial charge on any atom is 0.128 e. The van der Waals surface area contributed by atoms with Crippen molar-refractivity contribution < 1.29 is 4.74 Å². The van der Waals surface area contributed by atoms with Crippen LogP contribution in [0.25, 0.3) is 0 Å². The molecule has 2 rings (SSSR count). The Labute approximate surface area is 122 Å². The Morgan fingerprint density at radius 2 is 2.35 bits per heavy atom. The fraction of sp³-hybridized carbons (Fsp3) is 0.688. The van der Waals surface area contributed by atoms with E-state index in [1.165, 1.54) is 5.56 Å². The summed E-state index contributed by atoms with van der Waals surface area (Å²) in [5, 5.41) is 3.48. The van der Waals surface area contributed by atoms with E-state index in [1.807, 2.05) is 6.20 Å². The highest BCUT2D eigenvalue weighted by Gasteiger charge is 2.16. The van der Waals surface area contributed by atoms with Crippen LogP contribution in [0.4, 0.5) is 5.82 Å². The molecule has 1 aromatic rings. The Kier molecular flexibility index (Phi) is 5.80. The largest absolute Gasteiger partial charge is 0.377 e. The smallest absolute Gasteiger partial charge is 0.128 e. The molecule has 1 aliphatic heterocycles. The third kappa shape index (κ3) is 4.76. The molecule has 1 aromatic heterocycles. The first kappa shape index (κ1) is 15.3. The van der Waals surface area contributed by atoms with E-state index in [0.29, 0.717) is 5.92 Å². The minimum absolute atomic E-state index is 0.280. The van der Waals surface area contributed by atoms with Gasteiger partial charge in [-0.05, 0) is 43.5 Å². The molecule has 1 saturated heterocycles. The molecule has 0 spiro atoms. The summed E-state index contributed by atoms with van der Waals surface area (Å²) in [4.78, 5) is 6.86. The normalized spacial score (nSPS) is 20.2. The molecule has 1 N–H and O–H groups in total. The van der Waals surface area contributed by atoms with Gasteiger partial charge in [-0.25, -0.2) is 4.98 Å². The highest BCUT2D eigenvalue weighted by atomic mass is 16.5. The topological polar surface area (TPSA) is 37.4 Å². The van der Waals surface area contributed by atoms with Crippen LogP contribution in [0.5, 0.6) is 0 Å². The second-order valence-corrected chi connectivity index (χ2v) is 6.03. The molecule has 0 amide bonds. The van der Waals surface area contributed by atoms with E-state index >= 15 is 0 Å². The van der Waals surface area contributed by atoms with Crippen LogP contribution < -0.4 is 10.2 Å². The summed E-state index contributed by atoms with van der Waals surface area (Å²) in [6.07, 6.45) is 3.27. The third-order valence-corrected chi connectivity index (χ3v) is 3.47. The first-order valence-corrected chi connectivity index (χ1v) is 7.67. The van der Waals surface area contributed by atoms with E-state index in [4.69, 9.17) is 4.74 Å². The van der Waals surface area contributed by atoms with E-state index in [1.54, 1.807) is 0 Å². The lowest BCUT2D eigenvalue weighted by atomic mass is 10.2. The molecular weight excluding hydrogens is 250 g/mol. The van der Waals surface area contributed by atoms with Crippen LogP contribution in [0, 0.1) is 5.92 Å². The summed E-state index contributed by atoms with van der Waals surface area (Å²) < 4.78 is 5.69. The predicted octanol–water partition coefficient (Wildman–Crippen LogP) is 2.44. The van der Waals surface area contributed by atoms with Gasteiger partial charge in [-0.15, -0.1) is 0 Å². The zero-order chi connectivity index (χ0) is 14.4. The first-order valence-electron chi connectivity index (χ1n) is 7.67. The maximum atomic E-state index is 5.69. The summed E-state index contributed by atoms with van der Waals surface area (Å²) >= 11 is 0. The number of rotatable bonds is 5. The van der Waals surface area contributed by atoms with Gasteiger partial charge in [0.2, 0.25) is 0 Å². The molecule has 0 radical (unpaired) electrons. The third-order valence-electron chi connectivity index (χ3n) is 3.47. The molecule has 0 bridgehead atoms. The van der Waals surface area contributed by atoms with Gasteiger partial charge in [-0.1, -0.05) is 13.8 Å². The van der Waals surface area contributed by atoms with E-state index in [2.05, 4.69) is 48.1 Å². The van der Waals surface area contributed by atoms with Crippen molar-refractivity contribution in [2.45, 2.75) is 39.8 Å². The monoisotopic (exact) mass is 277 g/mol. The lowest BCUT2D eigenvalue weighted by Crippen LogP contribution is -2.31. The van der Waals surface area contributed by atoms with Crippen LogP contribution in [0.1, 0.15) is 32.8 Å². The van der Waals surface area contributed by atoms with Crippen LogP contribution >= 0.6 is 0 Å². The van der Waals surface area contributed by atoms with Gasteiger partial charge in [0.05, 0.1) is 6.10 Å². The highest BCUT2D eigenvalue weighted by Crippen LogP contribution is 2.16. The number of aromatic nitrogens is 1. The molecule has 1 fully saturated rings. The van der Waals surface area contributed by atoms with Gasteiger partial charge < -0.3 is 15.0 Å². The summed E-state index contributed by atoms with van der Waals surface area (Å²) in [5.74, 6) is 1.76. The van der Waals surface area contributed by atoms with Crippen LogP contribution in [0.3, 0.4) is 0 Å². The molecule has 1 unspecified atom stereocenters. The van der Waals surface area contributed by atoms with Gasteiger partial charge in [0.15, 0.2) is 0 Å². The number of hydrogen-bond donors (Lipinski definition) is 1. The van der Waals surface area contributed by atoms with Gasteiger partial charge >= 0.3 is 0 Å². The number of anilines is 1. The van der Waals surface area contributed by atoms with Crippen molar-refractivity contribution in [1.29, 1.82) is 0 Å². The Morgan fingerprint density at radius 3 is 3.15 bits per heavy atom. The lowest BCUT2D eigenvalue weighted by Gasteiger charge is -2.23. The van der Waals surface area contributed by atoms with E-state index in [9.17, 15) is 0 Å². The first-order chi connectivity index (χ1) is 9.65. The number of hydrogen-bond acceptors (Lipinski definition) is 4. The van der Waals surface area contributed by atoms with Gasteiger partial charge in [0.1, 0.15) is 5.82 Å². The standard InChI is InChI=1S/C16H27N3O/c1-13(2)10-17-11-15-5-6-18-16(9-15)19-7-4-8-20-14(3)12-19/h5-6,9,13-14,17H,4,7-8,10-12H2,1-3H3. The van der Waals surface area contributed by atoms with E-state index in [-0.39, 0.29) is 6.10 Å². The van der Waals surface area contributed by atoms with Crippen molar-refractivity contribution in [2.75, 3.05) is 31.1 Å². The molecule has 0 aliphatic carbocycles. The highest BCUT2D eigenvalue weighted by molar-refractivity contribution is 5.41. The van der Waals surface area contributed by atoms with E-state index in [0.717, 1.165) is 45.0 Å². The lowest BCUT2D eigenvalue weighted by molar-refractivity contribution is 0.0820. The average Bonchev–Trinajstić information content (AvgIpc) is 2.63. The number of nitrogens with one attached hydrogen (secondary N) is 1. The summed E-state index contributed by atoms with van der Waals surface area (Å²) in [7, 11) is 0. The SMILES string of the molecule is CC(C)CNCc1ccnc(N2CCCOC(C)C2)c1. The molecule has 112 valence electrons. The van der Waals surface area contributed by atoms with Crippen LogP contribution in [-0.4, -0.2) is 37.3 Å². The average molecular weight is 277 g/mol. The fourth-order valence-electron chi connectivity index (χ4n) is 2.45. The Hall–Kier alpha value is -1.13. The van der Waals surface area contributed by atoms with Crippen molar-refractivity contribution in [2.24, 2.45) is 5.92 Å². The molecule has 2 heterocycles. The maximum absolute atomic E-state index is 5.69. The van der Waals surface area contributed by atoms with Crippen LogP contribution in [-0.2, 0) is 11.3 Å². The van der Waals surface area contributed by atoms with Crippen molar-refractivity contribution >= 4 is 5.82 Å². The second kappa shape index (κ2) is 7.60. The quantitative estimate of drug-likeness (QED) is 0.897. The molecule has 0 aromatic carbocycles. The van der Waals surface area contributed by atoms with Gasteiger partial charge in [-0.3, -0.25) is 0 Å². The van der Waals surface area contributed by atoms with Crippen LogP contribution in [0.2, 0.25) is 0 Å². The Balaban J connectivity index is 1.97. The zero-order valence-electron chi connectivity index (χ0n) is 12.9. The molecule has 20 heavy (non-hydrogen) atoms. The van der Waals surface area contributed by atoms with E-state index < -0.39 is 0 Å².